The molecule has 2 rings (SSSR count). The zero-order chi connectivity index (χ0) is 12.8. The highest BCUT2D eigenvalue weighted by Crippen LogP contribution is 2.46. The molecule has 0 amide bonds. The molecule has 2 aliphatic heterocycles. The SMILES string of the molecule is CC1=C(C)C(=O)[C@]2(CF)C(C)=C(C)OCC2O1. The van der Waals surface area contributed by atoms with Gasteiger partial charge in [-0.05, 0) is 33.3 Å². The molecule has 0 aromatic carbocycles. The summed E-state index contributed by atoms with van der Waals surface area (Å²) in [6, 6.07) is 0. The maximum absolute atomic E-state index is 13.6. The van der Waals surface area contributed by atoms with Gasteiger partial charge in [0.05, 0.1) is 5.76 Å². The standard InChI is InChI=1S/C13H17FO3/c1-7-9(3)17-11-5-16-10(4)8(2)13(11,6-14)12(7)15/h11H,5-6H2,1-4H3/t11?,13-/m1/s1. The number of ketones is 1. The van der Waals surface area contributed by atoms with Crippen LogP contribution in [0.1, 0.15) is 27.7 Å². The van der Waals surface area contributed by atoms with Crippen LogP contribution in [-0.4, -0.2) is 25.2 Å². The Bertz CT molecular complexity index is 436. The molecule has 3 nitrogen and oxygen atoms in total. The molecule has 0 fully saturated rings. The van der Waals surface area contributed by atoms with Crippen LogP contribution in [0.4, 0.5) is 4.39 Å². The van der Waals surface area contributed by atoms with Crippen molar-refractivity contribution in [3.63, 3.8) is 0 Å². The lowest BCUT2D eigenvalue weighted by molar-refractivity contribution is -0.141. The molecule has 0 spiro atoms. The van der Waals surface area contributed by atoms with Crippen molar-refractivity contribution < 1.29 is 18.7 Å². The minimum absolute atomic E-state index is 0.172. The van der Waals surface area contributed by atoms with Crippen molar-refractivity contribution in [3.8, 4) is 0 Å². The first-order chi connectivity index (χ1) is 7.95. The van der Waals surface area contributed by atoms with Crippen LogP contribution in [0, 0.1) is 5.41 Å². The molecular weight excluding hydrogens is 223 g/mol. The molecular formula is C13H17FO3. The number of carbonyl (C=O) groups is 1. The quantitative estimate of drug-likeness (QED) is 0.706. The van der Waals surface area contributed by atoms with Gasteiger partial charge in [0, 0.05) is 5.57 Å². The number of ether oxygens (including phenoxy) is 2. The number of rotatable bonds is 1. The van der Waals surface area contributed by atoms with Crippen molar-refractivity contribution >= 4 is 5.78 Å². The summed E-state index contributed by atoms with van der Waals surface area (Å²) < 4.78 is 24.6. The molecule has 0 saturated carbocycles. The Labute approximate surface area is 100 Å². The van der Waals surface area contributed by atoms with E-state index in [0.29, 0.717) is 22.7 Å². The number of allylic oxidation sites excluding steroid dienone is 3. The predicted molar refractivity (Wildman–Crippen MR) is 61.0 cm³/mol. The molecule has 94 valence electrons. The molecule has 0 aromatic rings. The molecule has 2 aliphatic rings. The topological polar surface area (TPSA) is 35.5 Å². The summed E-state index contributed by atoms with van der Waals surface area (Å²) in [5.74, 6) is 1.03. The Morgan fingerprint density at radius 2 is 1.94 bits per heavy atom. The maximum Gasteiger partial charge on any atom is 0.178 e. The van der Waals surface area contributed by atoms with Crippen molar-refractivity contribution in [1.82, 2.24) is 0 Å². The average molecular weight is 240 g/mol. The summed E-state index contributed by atoms with van der Waals surface area (Å²) in [5.41, 5.74) is -0.0209. The molecule has 0 N–H and O–H groups in total. The number of hydrogen-bond donors (Lipinski definition) is 0. The lowest BCUT2D eigenvalue weighted by Crippen LogP contribution is -2.54. The normalized spacial score (nSPS) is 33.2. The third kappa shape index (κ3) is 1.43. The van der Waals surface area contributed by atoms with Gasteiger partial charge >= 0.3 is 0 Å². The Morgan fingerprint density at radius 1 is 1.29 bits per heavy atom. The zero-order valence-electron chi connectivity index (χ0n) is 10.6. The largest absolute Gasteiger partial charge is 0.494 e. The number of fused-ring (bicyclic) bond motifs is 1. The van der Waals surface area contributed by atoms with E-state index in [1.807, 2.05) is 0 Å². The van der Waals surface area contributed by atoms with Crippen molar-refractivity contribution in [2.24, 2.45) is 5.41 Å². The number of carbonyl (C=O) groups excluding carboxylic acids is 1. The van der Waals surface area contributed by atoms with Crippen LogP contribution in [0.5, 0.6) is 0 Å². The Balaban J connectivity index is 2.61. The van der Waals surface area contributed by atoms with Crippen molar-refractivity contribution in [2.45, 2.75) is 33.8 Å². The zero-order valence-corrected chi connectivity index (χ0v) is 10.6. The summed E-state index contributed by atoms with van der Waals surface area (Å²) in [4.78, 5) is 12.4. The van der Waals surface area contributed by atoms with Gasteiger partial charge in [0.2, 0.25) is 0 Å². The Hall–Kier alpha value is -1.32. The third-order valence-corrected chi connectivity index (χ3v) is 4.00. The van der Waals surface area contributed by atoms with Crippen molar-refractivity contribution in [3.05, 3.63) is 22.7 Å². The monoisotopic (exact) mass is 240 g/mol. The molecule has 1 unspecified atom stereocenters. The molecule has 2 heterocycles. The molecule has 0 aliphatic carbocycles. The summed E-state index contributed by atoms with van der Waals surface area (Å²) in [5, 5.41) is 0. The first-order valence-corrected chi connectivity index (χ1v) is 5.70. The van der Waals surface area contributed by atoms with E-state index in [2.05, 4.69) is 0 Å². The minimum atomic E-state index is -1.17. The van der Waals surface area contributed by atoms with Crippen molar-refractivity contribution in [1.29, 1.82) is 0 Å². The Kier molecular flexibility index (Phi) is 2.76. The number of Topliss-reactive ketones (excluding diaryl/α,β-unsaturated/α-hetero) is 1. The molecule has 0 aromatic heterocycles. The summed E-state index contributed by atoms with van der Waals surface area (Å²) in [6.45, 7) is 6.41. The van der Waals surface area contributed by atoms with Gasteiger partial charge in [-0.15, -0.1) is 0 Å². The smallest absolute Gasteiger partial charge is 0.178 e. The van der Waals surface area contributed by atoms with Gasteiger partial charge in [-0.2, -0.15) is 0 Å². The first-order valence-electron chi connectivity index (χ1n) is 5.70. The van der Waals surface area contributed by atoms with Crippen molar-refractivity contribution in [2.75, 3.05) is 13.3 Å². The van der Waals surface area contributed by atoms with E-state index >= 15 is 0 Å². The van der Waals surface area contributed by atoms with Gasteiger partial charge < -0.3 is 9.47 Å². The lowest BCUT2D eigenvalue weighted by atomic mass is 9.68. The van der Waals surface area contributed by atoms with E-state index in [1.165, 1.54) is 0 Å². The molecule has 0 radical (unpaired) electrons. The maximum atomic E-state index is 13.6. The second-order valence-electron chi connectivity index (χ2n) is 4.71. The number of alkyl halides is 1. The van der Waals surface area contributed by atoms with Crippen LogP contribution in [0.2, 0.25) is 0 Å². The average Bonchev–Trinajstić information content (AvgIpc) is 2.32. The van der Waals surface area contributed by atoms with Crippen LogP contribution in [0.15, 0.2) is 22.7 Å². The van der Waals surface area contributed by atoms with Gasteiger partial charge in [-0.3, -0.25) is 4.79 Å². The minimum Gasteiger partial charge on any atom is -0.494 e. The van der Waals surface area contributed by atoms with E-state index in [4.69, 9.17) is 9.47 Å². The van der Waals surface area contributed by atoms with E-state index in [0.717, 1.165) is 0 Å². The number of halogens is 1. The van der Waals surface area contributed by atoms with Gasteiger partial charge in [0.25, 0.3) is 0 Å². The van der Waals surface area contributed by atoms with Gasteiger partial charge in [-0.25, -0.2) is 4.39 Å². The van der Waals surface area contributed by atoms with Gasteiger partial charge in [-0.1, -0.05) is 0 Å². The third-order valence-electron chi connectivity index (χ3n) is 4.00. The van der Waals surface area contributed by atoms with Crippen LogP contribution >= 0.6 is 0 Å². The first kappa shape index (κ1) is 12.1. The fourth-order valence-corrected chi connectivity index (χ4v) is 2.50. The molecule has 2 atom stereocenters. The van der Waals surface area contributed by atoms with E-state index in [1.54, 1.807) is 27.7 Å². The van der Waals surface area contributed by atoms with E-state index in [-0.39, 0.29) is 12.4 Å². The second-order valence-corrected chi connectivity index (χ2v) is 4.71. The summed E-state index contributed by atoms with van der Waals surface area (Å²) >= 11 is 0. The Morgan fingerprint density at radius 3 is 2.53 bits per heavy atom. The van der Waals surface area contributed by atoms with Crippen LogP contribution in [0.25, 0.3) is 0 Å². The van der Waals surface area contributed by atoms with Crippen LogP contribution < -0.4 is 0 Å². The van der Waals surface area contributed by atoms with E-state index < -0.39 is 18.2 Å². The van der Waals surface area contributed by atoms with Crippen LogP contribution in [0.3, 0.4) is 0 Å². The fourth-order valence-electron chi connectivity index (χ4n) is 2.50. The molecule has 17 heavy (non-hydrogen) atoms. The predicted octanol–water partition coefficient (Wildman–Crippen LogP) is 2.53. The molecule has 4 heteroatoms. The van der Waals surface area contributed by atoms with E-state index in [9.17, 15) is 9.18 Å². The highest BCUT2D eigenvalue weighted by Gasteiger charge is 2.55. The highest BCUT2D eigenvalue weighted by atomic mass is 19.1. The highest BCUT2D eigenvalue weighted by molar-refractivity contribution is 6.03. The summed E-state index contributed by atoms with van der Waals surface area (Å²) in [6.07, 6.45) is -0.549. The summed E-state index contributed by atoms with van der Waals surface area (Å²) in [7, 11) is 0. The second kappa shape index (κ2) is 3.86. The number of hydrogen-bond acceptors (Lipinski definition) is 3. The lowest BCUT2D eigenvalue weighted by Gasteiger charge is -2.45. The molecule has 0 bridgehead atoms. The van der Waals surface area contributed by atoms with Crippen LogP contribution in [-0.2, 0) is 14.3 Å². The van der Waals surface area contributed by atoms with Gasteiger partial charge in [0.15, 0.2) is 11.9 Å². The fraction of sp³-hybridized carbons (Fsp3) is 0.615. The molecule has 0 saturated heterocycles. The van der Waals surface area contributed by atoms with Gasteiger partial charge in [0.1, 0.15) is 24.5 Å².